The molecule has 0 amide bonds. The number of hydrogen-bond donors (Lipinski definition) is 0. The first-order valence-electron chi connectivity index (χ1n) is 4.31. The topological polar surface area (TPSA) is 9.23 Å². The lowest BCUT2D eigenvalue weighted by Gasteiger charge is -2.05. The molecule has 0 aliphatic rings. The molecular formula is C9H15F3O. The number of unbranched alkanes of at least 4 members (excludes halogenated alkanes) is 2. The van der Waals surface area contributed by atoms with Gasteiger partial charge in [-0.1, -0.05) is 12.5 Å². The van der Waals surface area contributed by atoms with Gasteiger partial charge in [-0.3, -0.25) is 0 Å². The van der Waals surface area contributed by atoms with Gasteiger partial charge in [0.05, 0.1) is 6.61 Å². The van der Waals surface area contributed by atoms with Gasteiger partial charge >= 0.3 is 6.18 Å². The van der Waals surface area contributed by atoms with E-state index in [0.717, 1.165) is 0 Å². The Morgan fingerprint density at radius 1 is 1.15 bits per heavy atom. The summed E-state index contributed by atoms with van der Waals surface area (Å²) in [6.45, 7) is 4.44. The SMILES string of the molecule is C=CCOCCCCCC(F)(F)F. The summed E-state index contributed by atoms with van der Waals surface area (Å²) in [6, 6.07) is 0. The van der Waals surface area contributed by atoms with Gasteiger partial charge in [-0.15, -0.1) is 6.58 Å². The molecule has 0 N–H and O–H groups in total. The Balaban J connectivity index is 3.04. The highest BCUT2D eigenvalue weighted by Gasteiger charge is 2.25. The van der Waals surface area contributed by atoms with Crippen molar-refractivity contribution in [3.63, 3.8) is 0 Å². The molecule has 0 aromatic heterocycles. The van der Waals surface area contributed by atoms with E-state index in [4.69, 9.17) is 4.74 Å². The van der Waals surface area contributed by atoms with E-state index < -0.39 is 12.6 Å². The van der Waals surface area contributed by atoms with Gasteiger partial charge < -0.3 is 4.74 Å². The Bertz CT molecular complexity index is 131. The van der Waals surface area contributed by atoms with Crippen LogP contribution in [0, 0.1) is 0 Å². The molecule has 0 saturated heterocycles. The van der Waals surface area contributed by atoms with Crippen molar-refractivity contribution in [1.29, 1.82) is 0 Å². The van der Waals surface area contributed by atoms with Crippen molar-refractivity contribution in [2.24, 2.45) is 0 Å². The summed E-state index contributed by atoms with van der Waals surface area (Å²) >= 11 is 0. The summed E-state index contributed by atoms with van der Waals surface area (Å²) in [5.74, 6) is 0. The molecular weight excluding hydrogens is 181 g/mol. The van der Waals surface area contributed by atoms with Crippen molar-refractivity contribution in [3.05, 3.63) is 12.7 Å². The fourth-order valence-corrected chi connectivity index (χ4v) is 0.873. The molecule has 4 heteroatoms. The van der Waals surface area contributed by atoms with Crippen molar-refractivity contribution < 1.29 is 17.9 Å². The largest absolute Gasteiger partial charge is 0.389 e. The maximum atomic E-state index is 11.6. The van der Waals surface area contributed by atoms with Gasteiger partial charge in [0.1, 0.15) is 0 Å². The highest BCUT2D eigenvalue weighted by molar-refractivity contribution is 4.63. The van der Waals surface area contributed by atoms with Gasteiger partial charge in [0, 0.05) is 13.0 Å². The molecule has 78 valence electrons. The van der Waals surface area contributed by atoms with Crippen molar-refractivity contribution in [2.75, 3.05) is 13.2 Å². The second-order valence-electron chi connectivity index (χ2n) is 2.79. The first-order valence-corrected chi connectivity index (χ1v) is 4.31. The summed E-state index contributed by atoms with van der Waals surface area (Å²) in [7, 11) is 0. The van der Waals surface area contributed by atoms with Crippen LogP contribution in [-0.4, -0.2) is 19.4 Å². The van der Waals surface area contributed by atoms with Gasteiger partial charge in [0.15, 0.2) is 0 Å². The standard InChI is InChI=1S/C9H15F3O/c1-2-7-13-8-5-3-4-6-9(10,11)12/h2H,1,3-8H2. The van der Waals surface area contributed by atoms with Crippen LogP contribution in [0.2, 0.25) is 0 Å². The Hall–Kier alpha value is -0.510. The molecule has 0 atom stereocenters. The molecule has 0 aromatic carbocycles. The second kappa shape index (κ2) is 6.95. The van der Waals surface area contributed by atoms with Crippen LogP contribution in [0.25, 0.3) is 0 Å². The summed E-state index contributed by atoms with van der Waals surface area (Å²) < 4.78 is 39.9. The molecule has 0 rings (SSSR count). The van der Waals surface area contributed by atoms with Gasteiger partial charge in [-0.2, -0.15) is 13.2 Å². The first kappa shape index (κ1) is 12.5. The van der Waals surface area contributed by atoms with Crippen LogP contribution in [0.5, 0.6) is 0 Å². The summed E-state index contributed by atoms with van der Waals surface area (Å²) in [6.07, 6.45) is -1.63. The molecule has 0 aliphatic carbocycles. The zero-order valence-corrected chi connectivity index (χ0v) is 7.57. The minimum Gasteiger partial charge on any atom is -0.377 e. The smallest absolute Gasteiger partial charge is 0.377 e. The quantitative estimate of drug-likeness (QED) is 0.448. The summed E-state index contributed by atoms with van der Waals surface area (Å²) in [5, 5.41) is 0. The maximum Gasteiger partial charge on any atom is 0.389 e. The van der Waals surface area contributed by atoms with Crippen molar-refractivity contribution >= 4 is 0 Å². The molecule has 1 nitrogen and oxygen atoms in total. The summed E-state index contributed by atoms with van der Waals surface area (Å²) in [4.78, 5) is 0. The maximum absolute atomic E-state index is 11.6. The molecule has 0 fully saturated rings. The fourth-order valence-electron chi connectivity index (χ4n) is 0.873. The van der Waals surface area contributed by atoms with Gasteiger partial charge in [-0.25, -0.2) is 0 Å². The van der Waals surface area contributed by atoms with E-state index in [1.807, 2.05) is 0 Å². The lowest BCUT2D eigenvalue weighted by Crippen LogP contribution is -2.06. The van der Waals surface area contributed by atoms with E-state index >= 15 is 0 Å². The van der Waals surface area contributed by atoms with E-state index in [1.54, 1.807) is 6.08 Å². The highest BCUT2D eigenvalue weighted by Crippen LogP contribution is 2.22. The minimum absolute atomic E-state index is 0.195. The Morgan fingerprint density at radius 2 is 1.85 bits per heavy atom. The van der Waals surface area contributed by atoms with Crippen molar-refractivity contribution in [2.45, 2.75) is 31.9 Å². The Kier molecular flexibility index (Phi) is 6.68. The molecule has 0 spiro atoms. The molecule has 0 bridgehead atoms. The van der Waals surface area contributed by atoms with E-state index in [9.17, 15) is 13.2 Å². The molecule has 0 unspecified atom stereocenters. The molecule has 0 radical (unpaired) electrons. The molecule has 13 heavy (non-hydrogen) atoms. The van der Waals surface area contributed by atoms with E-state index in [2.05, 4.69) is 6.58 Å². The van der Waals surface area contributed by atoms with Crippen molar-refractivity contribution in [3.8, 4) is 0 Å². The minimum atomic E-state index is -4.01. The molecule has 0 aromatic rings. The monoisotopic (exact) mass is 196 g/mol. The van der Waals surface area contributed by atoms with Crippen LogP contribution in [0.3, 0.4) is 0 Å². The predicted octanol–water partition coefficient (Wildman–Crippen LogP) is 3.31. The first-order chi connectivity index (χ1) is 6.06. The lowest BCUT2D eigenvalue weighted by atomic mass is 10.2. The van der Waals surface area contributed by atoms with Gasteiger partial charge in [-0.05, 0) is 12.8 Å². The highest BCUT2D eigenvalue weighted by atomic mass is 19.4. The zero-order valence-electron chi connectivity index (χ0n) is 7.57. The Labute approximate surface area is 76.6 Å². The third kappa shape index (κ3) is 11.5. The second-order valence-corrected chi connectivity index (χ2v) is 2.79. The third-order valence-corrected chi connectivity index (χ3v) is 1.48. The Morgan fingerprint density at radius 3 is 2.38 bits per heavy atom. The third-order valence-electron chi connectivity index (χ3n) is 1.48. The fraction of sp³-hybridized carbons (Fsp3) is 0.778. The van der Waals surface area contributed by atoms with Crippen LogP contribution in [0.15, 0.2) is 12.7 Å². The number of ether oxygens (including phenoxy) is 1. The van der Waals surface area contributed by atoms with Crippen LogP contribution in [0.1, 0.15) is 25.7 Å². The molecule has 0 aliphatic heterocycles. The van der Waals surface area contributed by atoms with Crippen LogP contribution in [0.4, 0.5) is 13.2 Å². The van der Waals surface area contributed by atoms with E-state index in [0.29, 0.717) is 26.1 Å². The lowest BCUT2D eigenvalue weighted by molar-refractivity contribution is -0.135. The van der Waals surface area contributed by atoms with E-state index in [-0.39, 0.29) is 6.42 Å². The van der Waals surface area contributed by atoms with E-state index in [1.165, 1.54) is 0 Å². The molecule has 0 saturated carbocycles. The number of rotatable bonds is 7. The predicted molar refractivity (Wildman–Crippen MR) is 45.5 cm³/mol. The van der Waals surface area contributed by atoms with Crippen LogP contribution >= 0.6 is 0 Å². The van der Waals surface area contributed by atoms with Gasteiger partial charge in [0.25, 0.3) is 0 Å². The average molecular weight is 196 g/mol. The average Bonchev–Trinajstić information content (AvgIpc) is 2.01. The number of halogens is 3. The van der Waals surface area contributed by atoms with Crippen LogP contribution < -0.4 is 0 Å². The normalized spacial score (nSPS) is 11.6. The zero-order chi connectivity index (χ0) is 10.2. The van der Waals surface area contributed by atoms with Crippen molar-refractivity contribution in [1.82, 2.24) is 0 Å². The molecule has 0 heterocycles. The number of alkyl halides is 3. The number of hydrogen-bond acceptors (Lipinski definition) is 1. The summed E-state index contributed by atoms with van der Waals surface area (Å²) in [5.41, 5.74) is 0. The van der Waals surface area contributed by atoms with Crippen LogP contribution in [-0.2, 0) is 4.74 Å². The van der Waals surface area contributed by atoms with Gasteiger partial charge in [0.2, 0.25) is 0 Å².